The zero-order valence-corrected chi connectivity index (χ0v) is 9.14. The number of nitrogens with two attached hydrogens (primary N) is 1. The van der Waals surface area contributed by atoms with E-state index in [9.17, 15) is 4.39 Å². The molecule has 0 aliphatic rings. The fraction of sp³-hybridized carbons (Fsp3) is 0.333. The van der Waals surface area contributed by atoms with Gasteiger partial charge < -0.3 is 10.5 Å². The fourth-order valence-electron chi connectivity index (χ4n) is 1.51. The monoisotopic (exact) mass is 209 g/mol. The summed E-state index contributed by atoms with van der Waals surface area (Å²) < 4.78 is 18.8. The molecule has 0 heterocycles. The first kappa shape index (κ1) is 11.7. The molecule has 0 amide bonds. The highest BCUT2D eigenvalue weighted by Gasteiger charge is 2.12. The van der Waals surface area contributed by atoms with Gasteiger partial charge in [-0.3, -0.25) is 0 Å². The average Bonchev–Trinajstić information content (AvgIpc) is 2.16. The highest BCUT2D eigenvalue weighted by atomic mass is 19.1. The topological polar surface area (TPSA) is 35.2 Å². The van der Waals surface area contributed by atoms with E-state index in [1.807, 2.05) is 6.92 Å². The summed E-state index contributed by atoms with van der Waals surface area (Å²) in [4.78, 5) is 0. The number of methoxy groups -OCH3 is 1. The quantitative estimate of drug-likeness (QED) is 0.827. The Labute approximate surface area is 89.6 Å². The van der Waals surface area contributed by atoms with Crippen LogP contribution in [0.1, 0.15) is 17.5 Å². The third-order valence-electron chi connectivity index (χ3n) is 2.22. The van der Waals surface area contributed by atoms with Gasteiger partial charge >= 0.3 is 0 Å². The lowest BCUT2D eigenvalue weighted by molar-refractivity contribution is 0.409. The maximum Gasteiger partial charge on any atom is 0.134 e. The molecule has 2 nitrogen and oxygen atoms in total. The van der Waals surface area contributed by atoms with Gasteiger partial charge in [-0.2, -0.15) is 0 Å². The van der Waals surface area contributed by atoms with Crippen LogP contribution in [0.4, 0.5) is 4.39 Å². The maximum absolute atomic E-state index is 13.7. The Morgan fingerprint density at radius 2 is 2.20 bits per heavy atom. The van der Waals surface area contributed by atoms with Crippen molar-refractivity contribution in [2.45, 2.75) is 13.3 Å². The predicted molar refractivity (Wildman–Crippen MR) is 60.4 cm³/mol. The molecular weight excluding hydrogens is 193 g/mol. The van der Waals surface area contributed by atoms with Crippen molar-refractivity contribution < 1.29 is 9.13 Å². The van der Waals surface area contributed by atoms with Crippen LogP contribution in [-0.2, 0) is 0 Å². The third kappa shape index (κ3) is 2.57. The van der Waals surface area contributed by atoms with Crippen molar-refractivity contribution in [3.05, 3.63) is 35.7 Å². The minimum atomic E-state index is -0.301. The summed E-state index contributed by atoms with van der Waals surface area (Å²) in [7, 11) is 1.52. The van der Waals surface area contributed by atoms with E-state index in [1.54, 1.807) is 6.07 Å². The highest BCUT2D eigenvalue weighted by molar-refractivity contribution is 5.69. The molecule has 0 radical (unpaired) electrons. The van der Waals surface area contributed by atoms with E-state index < -0.39 is 0 Å². The second-order valence-corrected chi connectivity index (χ2v) is 3.47. The van der Waals surface area contributed by atoms with Gasteiger partial charge in [-0.25, -0.2) is 4.39 Å². The standard InChI is InChI=1S/C12H16FNO/c1-8-6-10(13)12(9(2)4-5-14)11(7-8)15-3/h6-7H,2,4-5,14H2,1,3H3. The van der Waals surface area contributed by atoms with Crippen molar-refractivity contribution in [3.63, 3.8) is 0 Å². The number of halogens is 1. The molecule has 3 heteroatoms. The average molecular weight is 209 g/mol. The van der Waals surface area contributed by atoms with Crippen LogP contribution >= 0.6 is 0 Å². The van der Waals surface area contributed by atoms with Gasteiger partial charge in [0, 0.05) is 0 Å². The molecule has 2 N–H and O–H groups in total. The minimum Gasteiger partial charge on any atom is -0.496 e. The first-order chi connectivity index (χ1) is 7.10. The highest BCUT2D eigenvalue weighted by Crippen LogP contribution is 2.30. The Morgan fingerprint density at radius 3 is 2.73 bits per heavy atom. The van der Waals surface area contributed by atoms with Gasteiger partial charge in [-0.15, -0.1) is 0 Å². The molecule has 0 fully saturated rings. The van der Waals surface area contributed by atoms with E-state index in [2.05, 4.69) is 6.58 Å². The zero-order chi connectivity index (χ0) is 11.4. The van der Waals surface area contributed by atoms with Crippen LogP contribution in [0, 0.1) is 12.7 Å². The molecule has 1 aromatic rings. The SMILES string of the molecule is C=C(CCN)c1c(F)cc(C)cc1OC. The summed E-state index contributed by atoms with van der Waals surface area (Å²) in [6.07, 6.45) is 0.566. The fourth-order valence-corrected chi connectivity index (χ4v) is 1.51. The molecule has 0 saturated carbocycles. The van der Waals surface area contributed by atoms with Crippen molar-refractivity contribution in [1.29, 1.82) is 0 Å². The number of aryl methyl sites for hydroxylation is 1. The van der Waals surface area contributed by atoms with Crippen LogP contribution in [-0.4, -0.2) is 13.7 Å². The molecule has 0 aromatic heterocycles. The van der Waals surface area contributed by atoms with Crippen molar-refractivity contribution in [2.75, 3.05) is 13.7 Å². The van der Waals surface area contributed by atoms with E-state index in [4.69, 9.17) is 10.5 Å². The van der Waals surface area contributed by atoms with Gasteiger partial charge in [0.2, 0.25) is 0 Å². The largest absolute Gasteiger partial charge is 0.496 e. The lowest BCUT2D eigenvalue weighted by Crippen LogP contribution is -2.02. The number of hydrogen-bond acceptors (Lipinski definition) is 2. The number of ether oxygens (including phenoxy) is 1. The molecule has 1 rings (SSSR count). The Hall–Kier alpha value is -1.35. The summed E-state index contributed by atoms with van der Waals surface area (Å²) in [5.41, 5.74) is 7.35. The summed E-state index contributed by atoms with van der Waals surface area (Å²) in [6, 6.07) is 3.26. The van der Waals surface area contributed by atoms with E-state index in [0.717, 1.165) is 5.56 Å². The maximum atomic E-state index is 13.7. The Morgan fingerprint density at radius 1 is 1.53 bits per heavy atom. The van der Waals surface area contributed by atoms with Gasteiger partial charge in [0.25, 0.3) is 0 Å². The summed E-state index contributed by atoms with van der Waals surface area (Å²) in [5, 5.41) is 0. The third-order valence-corrected chi connectivity index (χ3v) is 2.22. The molecule has 0 aliphatic heterocycles. The van der Waals surface area contributed by atoms with Crippen molar-refractivity contribution >= 4 is 5.57 Å². The molecule has 0 aliphatic carbocycles. The van der Waals surface area contributed by atoms with Crippen LogP contribution in [0.15, 0.2) is 18.7 Å². The lowest BCUT2D eigenvalue weighted by Gasteiger charge is -2.12. The Kier molecular flexibility index (Phi) is 3.86. The van der Waals surface area contributed by atoms with Crippen molar-refractivity contribution in [3.8, 4) is 5.75 Å². The molecule has 0 bridgehead atoms. The van der Waals surface area contributed by atoms with Crippen LogP contribution in [0.5, 0.6) is 5.75 Å². The van der Waals surface area contributed by atoms with Crippen LogP contribution in [0.2, 0.25) is 0 Å². The second kappa shape index (κ2) is 4.94. The lowest BCUT2D eigenvalue weighted by atomic mass is 10.0. The normalized spacial score (nSPS) is 10.1. The first-order valence-corrected chi connectivity index (χ1v) is 4.82. The van der Waals surface area contributed by atoms with Gasteiger partial charge in [0.1, 0.15) is 11.6 Å². The molecule has 0 atom stereocenters. The second-order valence-electron chi connectivity index (χ2n) is 3.47. The van der Waals surface area contributed by atoms with Crippen molar-refractivity contribution in [2.24, 2.45) is 5.73 Å². The Bertz CT molecular complexity index is 374. The molecule has 0 spiro atoms. The number of rotatable bonds is 4. The molecule has 1 aromatic carbocycles. The summed E-state index contributed by atoms with van der Waals surface area (Å²) >= 11 is 0. The van der Waals surface area contributed by atoms with E-state index in [1.165, 1.54) is 13.2 Å². The van der Waals surface area contributed by atoms with E-state index in [0.29, 0.717) is 29.9 Å². The Balaban J connectivity index is 3.20. The van der Waals surface area contributed by atoms with Gasteiger partial charge in [-0.05, 0) is 43.2 Å². The van der Waals surface area contributed by atoms with Crippen molar-refractivity contribution in [1.82, 2.24) is 0 Å². The van der Waals surface area contributed by atoms with E-state index in [-0.39, 0.29) is 5.82 Å². The van der Waals surface area contributed by atoms with Gasteiger partial charge in [0.05, 0.1) is 12.7 Å². The smallest absolute Gasteiger partial charge is 0.134 e. The van der Waals surface area contributed by atoms with Crippen LogP contribution < -0.4 is 10.5 Å². The molecular formula is C12H16FNO. The number of hydrogen-bond donors (Lipinski definition) is 1. The minimum absolute atomic E-state index is 0.301. The molecule has 0 saturated heterocycles. The molecule has 15 heavy (non-hydrogen) atoms. The van der Waals surface area contributed by atoms with Crippen LogP contribution in [0.3, 0.4) is 0 Å². The van der Waals surface area contributed by atoms with Gasteiger partial charge in [-0.1, -0.05) is 6.58 Å². The zero-order valence-electron chi connectivity index (χ0n) is 9.14. The van der Waals surface area contributed by atoms with Crippen LogP contribution in [0.25, 0.3) is 5.57 Å². The molecule has 82 valence electrons. The summed E-state index contributed by atoms with van der Waals surface area (Å²) in [6.45, 7) is 6.09. The summed E-state index contributed by atoms with van der Waals surface area (Å²) in [5.74, 6) is 0.219. The predicted octanol–water partition coefficient (Wildman–Crippen LogP) is 2.50. The van der Waals surface area contributed by atoms with Gasteiger partial charge in [0.15, 0.2) is 0 Å². The molecule has 0 unspecified atom stereocenters. The van der Waals surface area contributed by atoms with E-state index >= 15 is 0 Å². The first-order valence-electron chi connectivity index (χ1n) is 4.82. The number of benzene rings is 1.